The predicted molar refractivity (Wildman–Crippen MR) is 107 cm³/mol. The van der Waals surface area contributed by atoms with Crippen LogP contribution in [0.2, 0.25) is 5.02 Å². The molecule has 1 N–H and O–H groups in total. The SMILES string of the molecule is CC[C@H](C)Oc1ccc(/C=C(/C#N)C(=O)Nc2cccc(OC)c2)cc1Cl. The number of carbonyl (C=O) groups excluding carboxylic acids is 1. The minimum atomic E-state index is -0.512. The van der Waals surface area contributed by atoms with Crippen LogP contribution in [0.15, 0.2) is 48.0 Å². The summed E-state index contributed by atoms with van der Waals surface area (Å²) >= 11 is 6.25. The van der Waals surface area contributed by atoms with Crippen LogP contribution in [-0.4, -0.2) is 19.1 Å². The van der Waals surface area contributed by atoms with E-state index in [0.29, 0.717) is 27.8 Å². The summed E-state index contributed by atoms with van der Waals surface area (Å²) in [5.74, 6) is 0.670. The van der Waals surface area contributed by atoms with E-state index in [0.717, 1.165) is 6.42 Å². The molecule has 0 bridgehead atoms. The summed E-state index contributed by atoms with van der Waals surface area (Å²) in [5, 5.41) is 12.5. The molecule has 0 aliphatic heterocycles. The number of halogens is 1. The smallest absolute Gasteiger partial charge is 0.266 e. The molecule has 2 aromatic rings. The Labute approximate surface area is 164 Å². The standard InChI is InChI=1S/C21H21ClN2O3/c1-4-14(2)27-20-9-8-15(11-19(20)22)10-16(13-23)21(25)24-17-6-5-7-18(12-17)26-3/h5-12,14H,4H2,1-3H3,(H,24,25)/b16-10-/t14-/m0/s1. The number of hydrogen-bond donors (Lipinski definition) is 1. The van der Waals surface area contributed by atoms with Crippen molar-refractivity contribution >= 4 is 29.3 Å². The summed E-state index contributed by atoms with van der Waals surface area (Å²) in [6.45, 7) is 3.98. The van der Waals surface area contributed by atoms with E-state index < -0.39 is 5.91 Å². The second-order valence-electron chi connectivity index (χ2n) is 5.88. The lowest BCUT2D eigenvalue weighted by Gasteiger charge is -2.14. The van der Waals surface area contributed by atoms with E-state index >= 15 is 0 Å². The molecule has 0 saturated heterocycles. The molecule has 1 atom stereocenters. The number of benzene rings is 2. The van der Waals surface area contributed by atoms with Gasteiger partial charge in [-0.3, -0.25) is 4.79 Å². The molecular weight excluding hydrogens is 364 g/mol. The van der Waals surface area contributed by atoms with Gasteiger partial charge in [-0.05, 0) is 49.2 Å². The monoisotopic (exact) mass is 384 g/mol. The first kappa shape index (κ1) is 20.3. The lowest BCUT2D eigenvalue weighted by molar-refractivity contribution is -0.112. The van der Waals surface area contributed by atoms with E-state index in [-0.39, 0.29) is 11.7 Å². The van der Waals surface area contributed by atoms with E-state index in [2.05, 4.69) is 5.32 Å². The van der Waals surface area contributed by atoms with Crippen LogP contribution in [0.25, 0.3) is 6.08 Å². The Morgan fingerprint density at radius 1 is 1.33 bits per heavy atom. The Morgan fingerprint density at radius 2 is 2.11 bits per heavy atom. The molecule has 2 aromatic carbocycles. The quantitative estimate of drug-likeness (QED) is 0.534. The molecule has 0 radical (unpaired) electrons. The molecular formula is C21H21ClN2O3. The molecule has 0 aliphatic rings. The van der Waals surface area contributed by atoms with Crippen LogP contribution >= 0.6 is 11.6 Å². The van der Waals surface area contributed by atoms with Gasteiger partial charge in [0.05, 0.1) is 18.2 Å². The first-order chi connectivity index (χ1) is 13.0. The van der Waals surface area contributed by atoms with E-state index in [1.165, 1.54) is 6.08 Å². The molecule has 0 fully saturated rings. The number of nitrogens with zero attached hydrogens (tertiary/aromatic N) is 1. The molecule has 0 heterocycles. The number of rotatable bonds is 7. The van der Waals surface area contributed by atoms with Crippen LogP contribution in [0.3, 0.4) is 0 Å². The normalized spacial score (nSPS) is 12.0. The summed E-state index contributed by atoms with van der Waals surface area (Å²) < 4.78 is 10.8. The molecule has 0 aliphatic carbocycles. The molecule has 1 amide bonds. The molecule has 6 heteroatoms. The van der Waals surface area contributed by atoms with Gasteiger partial charge in [-0.15, -0.1) is 0 Å². The van der Waals surface area contributed by atoms with Gasteiger partial charge in [-0.1, -0.05) is 30.7 Å². The average Bonchev–Trinajstić information content (AvgIpc) is 2.67. The van der Waals surface area contributed by atoms with Crippen LogP contribution in [-0.2, 0) is 4.79 Å². The van der Waals surface area contributed by atoms with Gasteiger partial charge in [0.15, 0.2) is 0 Å². The number of anilines is 1. The van der Waals surface area contributed by atoms with Gasteiger partial charge in [-0.25, -0.2) is 0 Å². The Hall–Kier alpha value is -2.97. The third-order valence-electron chi connectivity index (χ3n) is 3.86. The van der Waals surface area contributed by atoms with Crippen molar-refractivity contribution in [2.24, 2.45) is 0 Å². The minimum absolute atomic E-state index is 0.0375. The number of carbonyl (C=O) groups is 1. The first-order valence-corrected chi connectivity index (χ1v) is 8.88. The van der Waals surface area contributed by atoms with E-state index in [1.807, 2.05) is 19.9 Å². The fourth-order valence-corrected chi connectivity index (χ4v) is 2.45. The number of amides is 1. The number of hydrogen-bond acceptors (Lipinski definition) is 4. The van der Waals surface area contributed by atoms with Crippen molar-refractivity contribution in [3.05, 3.63) is 58.6 Å². The molecule has 2 rings (SSSR count). The Balaban J connectivity index is 2.18. The van der Waals surface area contributed by atoms with Crippen LogP contribution in [0.4, 0.5) is 5.69 Å². The summed E-state index contributed by atoms with van der Waals surface area (Å²) in [6, 6.07) is 14.0. The minimum Gasteiger partial charge on any atom is -0.497 e. The largest absolute Gasteiger partial charge is 0.497 e. The summed E-state index contributed by atoms with van der Waals surface area (Å²) in [7, 11) is 1.54. The molecule has 0 spiro atoms. The number of methoxy groups -OCH3 is 1. The molecule has 27 heavy (non-hydrogen) atoms. The summed E-state index contributed by atoms with van der Waals surface area (Å²) in [6.07, 6.45) is 2.39. The highest BCUT2D eigenvalue weighted by molar-refractivity contribution is 6.32. The van der Waals surface area contributed by atoms with Crippen molar-refractivity contribution in [3.8, 4) is 17.6 Å². The van der Waals surface area contributed by atoms with Gasteiger partial charge >= 0.3 is 0 Å². The van der Waals surface area contributed by atoms with Crippen molar-refractivity contribution in [3.63, 3.8) is 0 Å². The van der Waals surface area contributed by atoms with Crippen molar-refractivity contribution in [2.75, 3.05) is 12.4 Å². The predicted octanol–water partition coefficient (Wildman–Crippen LogP) is 5.07. The van der Waals surface area contributed by atoms with Crippen LogP contribution in [0.5, 0.6) is 11.5 Å². The molecule has 140 valence electrons. The van der Waals surface area contributed by atoms with Crippen molar-refractivity contribution in [2.45, 2.75) is 26.4 Å². The molecule has 5 nitrogen and oxygen atoms in total. The summed E-state index contributed by atoms with van der Waals surface area (Å²) in [4.78, 5) is 12.4. The zero-order valence-corrected chi connectivity index (χ0v) is 16.2. The highest BCUT2D eigenvalue weighted by atomic mass is 35.5. The van der Waals surface area contributed by atoms with E-state index in [4.69, 9.17) is 21.1 Å². The average molecular weight is 385 g/mol. The second kappa shape index (κ2) is 9.65. The lowest BCUT2D eigenvalue weighted by atomic mass is 10.1. The van der Waals surface area contributed by atoms with Crippen LogP contribution in [0, 0.1) is 11.3 Å². The zero-order chi connectivity index (χ0) is 19.8. The maximum atomic E-state index is 12.4. The Kier molecular flexibility index (Phi) is 7.27. The third-order valence-corrected chi connectivity index (χ3v) is 4.16. The van der Waals surface area contributed by atoms with Crippen LogP contribution < -0.4 is 14.8 Å². The van der Waals surface area contributed by atoms with Crippen molar-refractivity contribution < 1.29 is 14.3 Å². The Morgan fingerprint density at radius 3 is 2.74 bits per heavy atom. The lowest BCUT2D eigenvalue weighted by Crippen LogP contribution is -2.13. The third kappa shape index (κ3) is 5.77. The molecule has 0 aromatic heterocycles. The van der Waals surface area contributed by atoms with Gasteiger partial charge in [0.25, 0.3) is 5.91 Å². The van der Waals surface area contributed by atoms with E-state index in [1.54, 1.807) is 49.6 Å². The topological polar surface area (TPSA) is 71.3 Å². The number of nitriles is 1. The fraction of sp³-hybridized carbons (Fsp3) is 0.238. The van der Waals surface area contributed by atoms with E-state index in [9.17, 15) is 10.1 Å². The number of ether oxygens (including phenoxy) is 2. The van der Waals surface area contributed by atoms with Gasteiger partial charge in [-0.2, -0.15) is 5.26 Å². The summed E-state index contributed by atoms with van der Waals surface area (Å²) in [5.41, 5.74) is 1.13. The maximum Gasteiger partial charge on any atom is 0.266 e. The maximum absolute atomic E-state index is 12.4. The Bertz CT molecular complexity index is 887. The van der Waals surface area contributed by atoms with Gasteiger partial charge in [0.1, 0.15) is 23.1 Å². The first-order valence-electron chi connectivity index (χ1n) is 8.50. The van der Waals surface area contributed by atoms with Crippen LogP contribution in [0.1, 0.15) is 25.8 Å². The van der Waals surface area contributed by atoms with Crippen molar-refractivity contribution in [1.82, 2.24) is 0 Å². The fourth-order valence-electron chi connectivity index (χ4n) is 2.22. The highest BCUT2D eigenvalue weighted by Gasteiger charge is 2.11. The van der Waals surface area contributed by atoms with Crippen molar-refractivity contribution in [1.29, 1.82) is 5.26 Å². The van der Waals surface area contributed by atoms with Gasteiger partial charge < -0.3 is 14.8 Å². The number of nitrogens with one attached hydrogen (secondary N) is 1. The second-order valence-corrected chi connectivity index (χ2v) is 6.29. The molecule has 0 saturated carbocycles. The highest BCUT2D eigenvalue weighted by Crippen LogP contribution is 2.28. The zero-order valence-electron chi connectivity index (χ0n) is 15.5. The van der Waals surface area contributed by atoms with Gasteiger partial charge in [0, 0.05) is 11.8 Å². The molecule has 0 unspecified atom stereocenters. The van der Waals surface area contributed by atoms with Gasteiger partial charge in [0.2, 0.25) is 0 Å².